The van der Waals surface area contributed by atoms with E-state index in [0.717, 1.165) is 23.8 Å². The molecule has 1 N–H and O–H groups in total. The van der Waals surface area contributed by atoms with Gasteiger partial charge in [0.1, 0.15) is 0 Å². The van der Waals surface area contributed by atoms with Gasteiger partial charge in [-0.1, -0.05) is 13.3 Å². The molecule has 3 rings (SSSR count). The van der Waals surface area contributed by atoms with Crippen molar-refractivity contribution in [2.75, 3.05) is 6.54 Å². The Hall–Kier alpha value is -0.340. The highest BCUT2D eigenvalue weighted by Crippen LogP contribution is 2.43. The molecule has 2 aliphatic rings. The zero-order valence-corrected chi connectivity index (χ0v) is 12.4. The summed E-state index contributed by atoms with van der Waals surface area (Å²) in [7, 11) is 0. The summed E-state index contributed by atoms with van der Waals surface area (Å²) in [6.07, 6.45) is 7.07. The van der Waals surface area contributed by atoms with Crippen molar-refractivity contribution < 1.29 is 0 Å². The minimum atomic E-state index is 0.819. The first-order chi connectivity index (χ1) is 8.74. The van der Waals surface area contributed by atoms with Crippen LogP contribution in [0.2, 0.25) is 0 Å². The highest BCUT2D eigenvalue weighted by molar-refractivity contribution is 7.10. The number of hydrogen-bond acceptors (Lipinski definition) is 2. The highest BCUT2D eigenvalue weighted by atomic mass is 32.1. The lowest BCUT2D eigenvalue weighted by Crippen LogP contribution is -2.32. The predicted octanol–water partition coefficient (Wildman–Crippen LogP) is 4.33. The Morgan fingerprint density at radius 1 is 1.28 bits per heavy atom. The molecule has 0 spiro atoms. The van der Waals surface area contributed by atoms with Crippen LogP contribution in [0.1, 0.15) is 55.4 Å². The summed E-state index contributed by atoms with van der Waals surface area (Å²) in [4.78, 5) is 1.67. The van der Waals surface area contributed by atoms with Crippen LogP contribution in [0.15, 0.2) is 11.4 Å². The van der Waals surface area contributed by atoms with Crippen molar-refractivity contribution in [2.24, 2.45) is 11.8 Å². The molecule has 0 bridgehead atoms. The van der Waals surface area contributed by atoms with Crippen molar-refractivity contribution in [2.45, 2.75) is 57.9 Å². The van der Waals surface area contributed by atoms with Crippen molar-refractivity contribution in [3.05, 3.63) is 21.9 Å². The molecule has 2 aliphatic carbocycles. The van der Waals surface area contributed by atoms with E-state index in [1.807, 2.05) is 11.3 Å². The molecule has 18 heavy (non-hydrogen) atoms. The lowest BCUT2D eigenvalue weighted by molar-refractivity contribution is 0.243. The Balaban J connectivity index is 1.70. The molecule has 1 nitrogen and oxygen atoms in total. The molecule has 0 amide bonds. The standard InChI is InChI=1S/C16H25NS/c1-11-3-4-13(10-17-14-5-6-14)15(9-11)16-12(2)7-8-18-16/h7-8,11,13-15,17H,3-6,9-10H2,1-2H3. The average Bonchev–Trinajstić information content (AvgIpc) is 3.09. The van der Waals surface area contributed by atoms with E-state index in [1.54, 1.807) is 4.88 Å². The zero-order chi connectivity index (χ0) is 12.5. The molecule has 3 unspecified atom stereocenters. The highest BCUT2D eigenvalue weighted by Gasteiger charge is 2.32. The normalized spacial score (nSPS) is 32.7. The minimum absolute atomic E-state index is 0.819. The third-order valence-electron chi connectivity index (χ3n) is 4.74. The van der Waals surface area contributed by atoms with Gasteiger partial charge >= 0.3 is 0 Å². The summed E-state index contributed by atoms with van der Waals surface area (Å²) >= 11 is 1.98. The summed E-state index contributed by atoms with van der Waals surface area (Å²) in [5.74, 6) is 2.60. The van der Waals surface area contributed by atoms with Crippen LogP contribution in [-0.2, 0) is 0 Å². The summed E-state index contributed by atoms with van der Waals surface area (Å²) in [5, 5.41) is 6.03. The van der Waals surface area contributed by atoms with E-state index < -0.39 is 0 Å². The first-order valence-electron chi connectivity index (χ1n) is 7.51. The summed E-state index contributed by atoms with van der Waals surface area (Å²) in [6, 6.07) is 3.15. The van der Waals surface area contributed by atoms with E-state index in [2.05, 4.69) is 30.6 Å². The lowest BCUT2D eigenvalue weighted by atomic mass is 9.73. The van der Waals surface area contributed by atoms with Crippen molar-refractivity contribution in [1.82, 2.24) is 5.32 Å². The van der Waals surface area contributed by atoms with Gasteiger partial charge in [-0.05, 0) is 73.9 Å². The second kappa shape index (κ2) is 5.34. The lowest BCUT2D eigenvalue weighted by Gasteiger charge is -2.35. The van der Waals surface area contributed by atoms with Crippen LogP contribution in [0.5, 0.6) is 0 Å². The van der Waals surface area contributed by atoms with Gasteiger partial charge in [-0.2, -0.15) is 0 Å². The quantitative estimate of drug-likeness (QED) is 0.852. The third-order valence-corrected chi connectivity index (χ3v) is 5.89. The fraction of sp³-hybridized carbons (Fsp3) is 0.750. The van der Waals surface area contributed by atoms with E-state index in [9.17, 15) is 0 Å². The van der Waals surface area contributed by atoms with Gasteiger partial charge in [0.15, 0.2) is 0 Å². The van der Waals surface area contributed by atoms with E-state index in [-0.39, 0.29) is 0 Å². The molecule has 2 heteroatoms. The minimum Gasteiger partial charge on any atom is -0.314 e. The molecule has 1 aromatic rings. The molecule has 0 radical (unpaired) electrons. The monoisotopic (exact) mass is 263 g/mol. The van der Waals surface area contributed by atoms with E-state index in [0.29, 0.717) is 0 Å². The second-order valence-electron chi connectivity index (χ2n) is 6.44. The van der Waals surface area contributed by atoms with Gasteiger partial charge in [0.05, 0.1) is 0 Å². The first kappa shape index (κ1) is 12.7. The van der Waals surface area contributed by atoms with Crippen molar-refractivity contribution in [3.8, 4) is 0 Å². The maximum Gasteiger partial charge on any atom is 0.0109 e. The van der Waals surface area contributed by atoms with Crippen molar-refractivity contribution in [1.29, 1.82) is 0 Å². The van der Waals surface area contributed by atoms with Gasteiger partial charge in [-0.3, -0.25) is 0 Å². The fourth-order valence-electron chi connectivity index (χ4n) is 3.38. The summed E-state index contributed by atoms with van der Waals surface area (Å²) in [5.41, 5.74) is 1.52. The molecule has 100 valence electrons. The first-order valence-corrected chi connectivity index (χ1v) is 8.39. The smallest absolute Gasteiger partial charge is 0.0109 e. The summed E-state index contributed by atoms with van der Waals surface area (Å²) in [6.45, 7) is 5.97. The van der Waals surface area contributed by atoms with Crippen LogP contribution in [-0.4, -0.2) is 12.6 Å². The van der Waals surface area contributed by atoms with E-state index in [1.165, 1.54) is 44.2 Å². The molecule has 0 aliphatic heterocycles. The predicted molar refractivity (Wildman–Crippen MR) is 79.3 cm³/mol. The van der Waals surface area contributed by atoms with Gasteiger partial charge in [-0.25, -0.2) is 0 Å². The van der Waals surface area contributed by atoms with Crippen LogP contribution in [0.3, 0.4) is 0 Å². The Kier molecular flexibility index (Phi) is 3.76. The molecule has 0 saturated heterocycles. The molecule has 0 aromatic carbocycles. The van der Waals surface area contributed by atoms with Crippen LogP contribution in [0, 0.1) is 18.8 Å². The van der Waals surface area contributed by atoms with Crippen molar-refractivity contribution >= 4 is 11.3 Å². The molecule has 2 fully saturated rings. The maximum absolute atomic E-state index is 3.76. The number of hydrogen-bond donors (Lipinski definition) is 1. The van der Waals surface area contributed by atoms with Crippen LogP contribution >= 0.6 is 11.3 Å². The number of rotatable bonds is 4. The Bertz CT molecular complexity index is 394. The van der Waals surface area contributed by atoms with Gasteiger partial charge in [-0.15, -0.1) is 11.3 Å². The Morgan fingerprint density at radius 2 is 2.11 bits per heavy atom. The van der Waals surface area contributed by atoms with Crippen LogP contribution in [0.4, 0.5) is 0 Å². The zero-order valence-electron chi connectivity index (χ0n) is 11.6. The molecule has 2 saturated carbocycles. The molecular weight excluding hydrogens is 238 g/mol. The van der Waals surface area contributed by atoms with Crippen molar-refractivity contribution in [3.63, 3.8) is 0 Å². The average molecular weight is 263 g/mol. The van der Waals surface area contributed by atoms with Gasteiger partial charge < -0.3 is 5.32 Å². The Labute approximate surface area is 115 Å². The van der Waals surface area contributed by atoms with Gasteiger partial charge in [0, 0.05) is 10.9 Å². The molecular formula is C16H25NS. The number of nitrogens with one attached hydrogen (secondary N) is 1. The molecule has 1 aromatic heterocycles. The fourth-order valence-corrected chi connectivity index (χ4v) is 4.51. The van der Waals surface area contributed by atoms with E-state index in [4.69, 9.17) is 0 Å². The van der Waals surface area contributed by atoms with E-state index >= 15 is 0 Å². The second-order valence-corrected chi connectivity index (χ2v) is 7.38. The maximum atomic E-state index is 3.76. The SMILES string of the molecule is Cc1ccsc1C1CC(C)CCC1CNC1CC1. The number of aryl methyl sites for hydroxylation is 1. The topological polar surface area (TPSA) is 12.0 Å². The third kappa shape index (κ3) is 2.80. The van der Waals surface area contributed by atoms with Gasteiger partial charge in [0.25, 0.3) is 0 Å². The Morgan fingerprint density at radius 3 is 2.78 bits per heavy atom. The molecule has 1 heterocycles. The summed E-state index contributed by atoms with van der Waals surface area (Å²) < 4.78 is 0. The number of thiophene rings is 1. The van der Waals surface area contributed by atoms with Crippen LogP contribution < -0.4 is 5.32 Å². The van der Waals surface area contributed by atoms with Gasteiger partial charge in [0.2, 0.25) is 0 Å². The van der Waals surface area contributed by atoms with Crippen LogP contribution in [0.25, 0.3) is 0 Å². The molecule has 3 atom stereocenters. The largest absolute Gasteiger partial charge is 0.314 e.